The van der Waals surface area contributed by atoms with E-state index in [4.69, 9.17) is 21.1 Å². The molecule has 2 heterocycles. The SMILES string of the molecule is COc1ccc(OC)c(NC(=O)N2CCC[C@@H]2c2nnc(C(=O)Nc3ccc(Cl)cc3)s2)c1. The highest BCUT2D eigenvalue weighted by Crippen LogP contribution is 2.35. The highest BCUT2D eigenvalue weighted by molar-refractivity contribution is 7.13. The molecule has 1 aliphatic heterocycles. The average Bonchev–Trinajstić information content (AvgIpc) is 3.50. The number of nitrogens with one attached hydrogen (secondary N) is 2. The highest BCUT2D eigenvalue weighted by atomic mass is 35.5. The molecule has 2 N–H and O–H groups in total. The molecular weight excluding hydrogens is 466 g/mol. The maximum atomic E-state index is 13.1. The first kappa shape index (κ1) is 22.8. The molecule has 4 rings (SSSR count). The summed E-state index contributed by atoms with van der Waals surface area (Å²) in [5, 5.41) is 15.3. The van der Waals surface area contributed by atoms with Gasteiger partial charge in [0.15, 0.2) is 0 Å². The third-order valence-corrected chi connectivity index (χ3v) is 6.46. The molecule has 0 radical (unpaired) electrons. The molecule has 9 nitrogen and oxygen atoms in total. The standard InChI is InChI=1S/C22H22ClN5O4S/c1-31-15-9-10-18(32-2)16(12-15)25-22(30)28-11-3-4-17(28)20-26-27-21(33-20)19(29)24-14-7-5-13(23)6-8-14/h5-10,12,17H,3-4,11H2,1-2H3,(H,24,29)(H,25,30)/t17-/m1/s1. The van der Waals surface area contributed by atoms with Crippen LogP contribution in [0.2, 0.25) is 5.02 Å². The zero-order valence-corrected chi connectivity index (χ0v) is 19.6. The van der Waals surface area contributed by atoms with E-state index in [0.29, 0.717) is 39.4 Å². The minimum Gasteiger partial charge on any atom is -0.497 e. The fourth-order valence-corrected chi connectivity index (χ4v) is 4.56. The molecule has 3 amide bonds. The van der Waals surface area contributed by atoms with Crippen molar-refractivity contribution >= 4 is 46.3 Å². The number of urea groups is 1. The largest absolute Gasteiger partial charge is 0.497 e. The molecule has 0 saturated carbocycles. The Morgan fingerprint density at radius 3 is 2.61 bits per heavy atom. The van der Waals surface area contributed by atoms with Crippen LogP contribution in [0.15, 0.2) is 42.5 Å². The van der Waals surface area contributed by atoms with Crippen molar-refractivity contribution in [1.29, 1.82) is 0 Å². The normalized spacial score (nSPS) is 15.2. The van der Waals surface area contributed by atoms with Crippen LogP contribution in [-0.2, 0) is 0 Å². The Morgan fingerprint density at radius 1 is 1.09 bits per heavy atom. The number of anilines is 2. The van der Waals surface area contributed by atoms with Crippen LogP contribution in [0.4, 0.5) is 16.2 Å². The van der Waals surface area contributed by atoms with Crippen LogP contribution in [0.3, 0.4) is 0 Å². The molecule has 0 spiro atoms. The lowest BCUT2D eigenvalue weighted by atomic mass is 10.2. The van der Waals surface area contributed by atoms with Gasteiger partial charge in [0.05, 0.1) is 25.9 Å². The first-order valence-electron chi connectivity index (χ1n) is 10.2. The Labute approximate surface area is 199 Å². The fourth-order valence-electron chi connectivity index (χ4n) is 3.54. The number of halogens is 1. The molecular formula is C22H22ClN5O4S. The number of methoxy groups -OCH3 is 2. The van der Waals surface area contributed by atoms with Gasteiger partial charge in [-0.3, -0.25) is 4.79 Å². The third-order valence-electron chi connectivity index (χ3n) is 5.18. The van der Waals surface area contributed by atoms with Gasteiger partial charge in [-0.1, -0.05) is 22.9 Å². The highest BCUT2D eigenvalue weighted by Gasteiger charge is 2.33. The number of carbonyl (C=O) groups is 2. The third kappa shape index (κ3) is 5.18. The maximum Gasteiger partial charge on any atom is 0.322 e. The van der Waals surface area contributed by atoms with Crippen LogP contribution >= 0.6 is 22.9 Å². The molecule has 1 aromatic heterocycles. The van der Waals surface area contributed by atoms with E-state index in [0.717, 1.165) is 12.8 Å². The lowest BCUT2D eigenvalue weighted by molar-refractivity contribution is 0.102. The number of rotatable bonds is 6. The Hall–Kier alpha value is -3.37. The maximum absolute atomic E-state index is 13.1. The van der Waals surface area contributed by atoms with Crippen LogP contribution in [0, 0.1) is 0 Å². The molecule has 172 valence electrons. The molecule has 1 atom stereocenters. The quantitative estimate of drug-likeness (QED) is 0.516. The summed E-state index contributed by atoms with van der Waals surface area (Å²) < 4.78 is 10.6. The van der Waals surface area contributed by atoms with Crippen molar-refractivity contribution in [3.8, 4) is 11.5 Å². The summed E-state index contributed by atoms with van der Waals surface area (Å²) in [6.07, 6.45) is 1.55. The van der Waals surface area contributed by atoms with Gasteiger partial charge in [0.1, 0.15) is 16.5 Å². The summed E-state index contributed by atoms with van der Waals surface area (Å²) in [5.41, 5.74) is 1.11. The van der Waals surface area contributed by atoms with Crippen molar-refractivity contribution in [2.45, 2.75) is 18.9 Å². The first-order valence-corrected chi connectivity index (χ1v) is 11.4. The van der Waals surface area contributed by atoms with Gasteiger partial charge in [0.2, 0.25) is 5.01 Å². The van der Waals surface area contributed by atoms with E-state index in [1.54, 1.807) is 54.5 Å². The average molecular weight is 488 g/mol. The van der Waals surface area contributed by atoms with Gasteiger partial charge in [0.25, 0.3) is 5.91 Å². The lowest BCUT2D eigenvalue weighted by Crippen LogP contribution is -2.34. The monoisotopic (exact) mass is 487 g/mol. The second kappa shape index (κ2) is 10.1. The van der Waals surface area contributed by atoms with E-state index in [2.05, 4.69) is 20.8 Å². The molecule has 0 bridgehead atoms. The van der Waals surface area contributed by atoms with Crippen LogP contribution in [0.25, 0.3) is 0 Å². The van der Waals surface area contributed by atoms with Gasteiger partial charge in [-0.2, -0.15) is 0 Å². The molecule has 1 aliphatic rings. The number of likely N-dealkylation sites (tertiary alicyclic amines) is 1. The number of hydrogen-bond acceptors (Lipinski definition) is 7. The second-order valence-electron chi connectivity index (χ2n) is 7.25. The van der Waals surface area contributed by atoms with Gasteiger partial charge in [-0.25, -0.2) is 4.79 Å². The van der Waals surface area contributed by atoms with E-state index >= 15 is 0 Å². The Balaban J connectivity index is 1.46. The smallest absolute Gasteiger partial charge is 0.322 e. The van der Waals surface area contributed by atoms with E-state index in [1.165, 1.54) is 18.4 Å². The minimum atomic E-state index is -0.365. The molecule has 0 unspecified atom stereocenters. The van der Waals surface area contributed by atoms with Crippen molar-refractivity contribution in [2.24, 2.45) is 0 Å². The number of hydrogen-bond donors (Lipinski definition) is 2. The summed E-state index contributed by atoms with van der Waals surface area (Å²) in [4.78, 5) is 27.3. The number of carbonyl (C=O) groups excluding carboxylic acids is 2. The van der Waals surface area contributed by atoms with Crippen molar-refractivity contribution < 1.29 is 19.1 Å². The Morgan fingerprint density at radius 2 is 1.88 bits per heavy atom. The van der Waals surface area contributed by atoms with Gasteiger partial charge in [0, 0.05) is 23.3 Å². The predicted molar refractivity (Wildman–Crippen MR) is 127 cm³/mol. The second-order valence-corrected chi connectivity index (χ2v) is 8.70. The number of ether oxygens (including phenoxy) is 2. The molecule has 1 fully saturated rings. The molecule has 33 heavy (non-hydrogen) atoms. The van der Waals surface area contributed by atoms with Gasteiger partial charge in [-0.15, -0.1) is 10.2 Å². The van der Waals surface area contributed by atoms with Crippen molar-refractivity contribution in [1.82, 2.24) is 15.1 Å². The van der Waals surface area contributed by atoms with Crippen LogP contribution in [0.5, 0.6) is 11.5 Å². The molecule has 1 saturated heterocycles. The molecule has 11 heteroatoms. The van der Waals surface area contributed by atoms with Crippen molar-refractivity contribution in [2.75, 3.05) is 31.4 Å². The van der Waals surface area contributed by atoms with Gasteiger partial charge in [-0.05, 0) is 49.2 Å². The summed E-state index contributed by atoms with van der Waals surface area (Å²) >= 11 is 7.06. The Bertz CT molecular complexity index is 1150. The van der Waals surface area contributed by atoms with E-state index in [9.17, 15) is 9.59 Å². The van der Waals surface area contributed by atoms with Crippen LogP contribution < -0.4 is 20.1 Å². The first-order chi connectivity index (χ1) is 16.0. The zero-order valence-electron chi connectivity index (χ0n) is 18.0. The van der Waals surface area contributed by atoms with Gasteiger partial charge >= 0.3 is 6.03 Å². The molecule has 0 aliphatic carbocycles. The molecule has 2 aromatic carbocycles. The van der Waals surface area contributed by atoms with E-state index < -0.39 is 0 Å². The fraction of sp³-hybridized carbons (Fsp3) is 0.273. The van der Waals surface area contributed by atoms with E-state index in [1.807, 2.05) is 0 Å². The summed E-state index contributed by atoms with van der Waals surface area (Å²) in [5.74, 6) is 0.762. The zero-order chi connectivity index (χ0) is 23.4. The number of benzene rings is 2. The number of amides is 3. The van der Waals surface area contributed by atoms with E-state index in [-0.39, 0.29) is 23.0 Å². The van der Waals surface area contributed by atoms with Gasteiger partial charge < -0.3 is 25.0 Å². The summed E-state index contributed by atoms with van der Waals surface area (Å²) in [6, 6.07) is 11.4. The topological polar surface area (TPSA) is 106 Å². The van der Waals surface area contributed by atoms with Crippen molar-refractivity contribution in [3.05, 3.63) is 57.5 Å². The van der Waals surface area contributed by atoms with Crippen LogP contribution in [0.1, 0.15) is 33.7 Å². The number of aromatic nitrogens is 2. The summed E-state index contributed by atoms with van der Waals surface area (Å²) in [6.45, 7) is 0.564. The minimum absolute atomic E-state index is 0.224. The van der Waals surface area contributed by atoms with Crippen molar-refractivity contribution in [3.63, 3.8) is 0 Å². The Kier molecular flexibility index (Phi) is 6.95. The molecule has 3 aromatic rings. The lowest BCUT2D eigenvalue weighted by Gasteiger charge is -2.23. The number of nitrogens with zero attached hydrogens (tertiary/aromatic N) is 3. The van der Waals surface area contributed by atoms with Crippen LogP contribution in [-0.4, -0.2) is 47.8 Å². The summed E-state index contributed by atoms with van der Waals surface area (Å²) in [7, 11) is 3.09. The predicted octanol–water partition coefficient (Wildman–Crippen LogP) is 4.83.